The van der Waals surface area contributed by atoms with Crippen molar-refractivity contribution in [2.45, 2.75) is 6.61 Å². The SMILES string of the molecule is [2HH].[2H][2H].[2H][2H].[2H][2H].[2H][2H].[N-]=[N+]=NCC(=O)OCc1ccccc1. The molecule has 0 N–H and O–H groups in total. The molecular weight excluding hydrogens is 182 g/mol. The first kappa shape index (κ1) is 5.67. The number of hydrogen-bond donors (Lipinski definition) is 0. The average Bonchev–Trinajstić information content (AvgIpc) is 2.65. The van der Waals surface area contributed by atoms with E-state index in [-0.39, 0.29) is 14.6 Å². The zero-order chi connectivity index (χ0) is 18.2. The van der Waals surface area contributed by atoms with Gasteiger partial charge in [-0.1, -0.05) is 35.4 Å². The minimum absolute atomic E-state index is 0. The Balaban J connectivity index is -0.000000105. The van der Waals surface area contributed by atoms with Crippen LogP contribution in [-0.2, 0) is 16.1 Å². The summed E-state index contributed by atoms with van der Waals surface area (Å²) in [6.07, 6.45) is 0. The molecule has 0 atom stereocenters. The van der Waals surface area contributed by atoms with Crippen molar-refractivity contribution in [1.29, 1.82) is 0 Å². The quantitative estimate of drug-likeness (QED) is 0.331. The Morgan fingerprint density at radius 2 is 2.29 bits per heavy atom. The van der Waals surface area contributed by atoms with E-state index in [1.165, 1.54) is 0 Å². The molecule has 0 amide bonds. The van der Waals surface area contributed by atoms with Crippen LogP contribution in [0.25, 0.3) is 10.4 Å². The summed E-state index contributed by atoms with van der Waals surface area (Å²) >= 11 is 0. The van der Waals surface area contributed by atoms with Gasteiger partial charge in [0, 0.05) is 18.2 Å². The third kappa shape index (κ3) is 3.60. The van der Waals surface area contributed by atoms with Crippen LogP contribution in [-0.4, -0.2) is 12.5 Å². The zero-order valence-electron chi connectivity index (χ0n) is 15.5. The van der Waals surface area contributed by atoms with Gasteiger partial charge in [0.15, 0.2) is 0 Å². The Morgan fingerprint density at radius 1 is 1.57 bits per heavy atom. The molecule has 0 aliphatic rings. The molecule has 5 heteroatoms. The van der Waals surface area contributed by atoms with E-state index in [9.17, 15) is 4.79 Å². The van der Waals surface area contributed by atoms with Crippen LogP contribution >= 0.6 is 0 Å². The minimum Gasteiger partial charge on any atom is -0.461 e. The van der Waals surface area contributed by atoms with Crippen molar-refractivity contribution in [2.24, 2.45) is 5.11 Å². The second-order valence-electron chi connectivity index (χ2n) is 2.54. The summed E-state index contributed by atoms with van der Waals surface area (Å²) in [4.78, 5) is 13.3. The third-order valence-electron chi connectivity index (χ3n) is 1.51. The van der Waals surface area contributed by atoms with Crippen LogP contribution in [0.1, 0.15) is 18.9 Å². The van der Waals surface area contributed by atoms with Gasteiger partial charge in [0.2, 0.25) is 0 Å². The van der Waals surface area contributed by atoms with Gasteiger partial charge in [-0.05, 0) is 11.1 Å². The Bertz CT molecular complexity index is 367. The van der Waals surface area contributed by atoms with Crippen LogP contribution in [0.15, 0.2) is 35.4 Å². The largest absolute Gasteiger partial charge is 0.461 e. The molecule has 0 spiro atoms. The predicted molar refractivity (Wildman–Crippen MR) is 60.8 cm³/mol. The van der Waals surface area contributed by atoms with E-state index in [0.717, 1.165) is 5.56 Å². The van der Waals surface area contributed by atoms with Crippen LogP contribution in [0.4, 0.5) is 0 Å². The first-order valence-corrected chi connectivity index (χ1v) is 4.03. The van der Waals surface area contributed by atoms with Gasteiger partial charge in [-0.3, -0.25) is 4.79 Å². The van der Waals surface area contributed by atoms with E-state index in [4.69, 9.17) is 22.1 Å². The van der Waals surface area contributed by atoms with Crippen molar-refractivity contribution in [1.82, 2.24) is 0 Å². The summed E-state index contributed by atoms with van der Waals surface area (Å²) in [6.45, 7) is -0.0516. The van der Waals surface area contributed by atoms with Gasteiger partial charge in [0.25, 0.3) is 0 Å². The number of esters is 1. The summed E-state index contributed by atoms with van der Waals surface area (Å²) < 4.78 is 44.8. The van der Waals surface area contributed by atoms with Gasteiger partial charge in [-0.25, -0.2) is 0 Å². The summed E-state index contributed by atoms with van der Waals surface area (Å²) in [6, 6.07) is 9.29. The Labute approximate surface area is 94.8 Å². The van der Waals surface area contributed by atoms with E-state index in [0.29, 0.717) is 0 Å². The van der Waals surface area contributed by atoms with E-state index in [2.05, 4.69) is 10.0 Å². The highest BCUT2D eigenvalue weighted by atomic mass is 16.5. The van der Waals surface area contributed by atoms with Gasteiger partial charge in [-0.15, -0.1) is 0 Å². The van der Waals surface area contributed by atoms with Crippen LogP contribution in [0.2, 0.25) is 0 Å². The molecule has 1 aromatic carbocycles. The lowest BCUT2D eigenvalue weighted by Gasteiger charge is -2.01. The van der Waals surface area contributed by atoms with Crippen molar-refractivity contribution in [3.63, 3.8) is 0 Å². The Hall–Kier alpha value is -2.00. The molecule has 0 bridgehead atoms. The second kappa shape index (κ2) is 5.61. The number of carbonyl (C=O) groups is 1. The summed E-state index contributed by atoms with van der Waals surface area (Å²) in [5, 5.41) is 3.09. The van der Waals surface area contributed by atoms with Crippen LogP contribution in [0.3, 0.4) is 0 Å². The van der Waals surface area contributed by atoms with Gasteiger partial charge >= 0.3 is 5.97 Å². The fourth-order valence-corrected chi connectivity index (χ4v) is 0.873. The number of hydrogen-bond acceptors (Lipinski definition) is 3. The molecule has 0 aromatic heterocycles. The fourth-order valence-electron chi connectivity index (χ4n) is 0.873. The maximum absolute atomic E-state index is 10.9. The molecule has 0 radical (unpaired) electrons. The lowest BCUT2D eigenvalue weighted by molar-refractivity contribution is -0.143. The molecule has 0 saturated heterocycles. The van der Waals surface area contributed by atoms with Crippen LogP contribution in [0.5, 0.6) is 0 Å². The predicted octanol–water partition coefficient (Wildman–Crippen LogP) is 3.27. The molecule has 14 heavy (non-hydrogen) atoms. The maximum Gasteiger partial charge on any atom is 0.312 e. The molecule has 0 aliphatic carbocycles. The zero-order valence-corrected chi connectivity index (χ0v) is 7.46. The van der Waals surface area contributed by atoms with Crippen molar-refractivity contribution in [2.75, 3.05) is 6.54 Å². The molecule has 0 fully saturated rings. The highest BCUT2D eigenvalue weighted by molar-refractivity contribution is 5.71. The fraction of sp³-hybridized carbons (Fsp3) is 0.222. The van der Waals surface area contributed by atoms with Crippen LogP contribution < -0.4 is 0 Å². The van der Waals surface area contributed by atoms with Gasteiger partial charge in [-0.2, -0.15) is 0 Å². The average molecular weight is 210 g/mol. The standard InChI is InChI=1S/C9H9N3O2.5H2/c10-12-11-6-9(13)14-7-8-4-2-1-3-5-8;;;;;/h1-5H,6-7H2;5*1H/i;4*1+1D;1+1. The molecule has 0 aliphatic heterocycles. The van der Waals surface area contributed by atoms with E-state index >= 15 is 0 Å². The smallest absolute Gasteiger partial charge is 0.312 e. The highest BCUT2D eigenvalue weighted by Gasteiger charge is 2.00. The van der Waals surface area contributed by atoms with Gasteiger partial charge in [0.05, 0.1) is 0 Å². The molecule has 1 rings (SSSR count). The molecular formula is C9H19N3O2. The number of azide groups is 1. The first-order valence-electron chi connectivity index (χ1n) is 8.03. The molecule has 1 aromatic rings. The van der Waals surface area contributed by atoms with Crippen molar-refractivity contribution in [3.8, 4) is 0 Å². The van der Waals surface area contributed by atoms with E-state index < -0.39 is 5.97 Å². The summed E-state index contributed by atoms with van der Waals surface area (Å²) in [5.74, 6) is -0.522. The van der Waals surface area contributed by atoms with E-state index in [1.807, 2.05) is 30.3 Å². The minimum atomic E-state index is -0.522. The maximum atomic E-state index is 10.9. The van der Waals surface area contributed by atoms with Crippen LogP contribution in [0, 0.1) is 0 Å². The number of rotatable bonds is 4. The molecule has 0 saturated carbocycles. The third-order valence-corrected chi connectivity index (χ3v) is 1.51. The number of benzene rings is 1. The van der Waals surface area contributed by atoms with Crippen molar-refractivity contribution >= 4 is 5.97 Å². The molecule has 5 nitrogen and oxygen atoms in total. The highest BCUT2D eigenvalue weighted by Crippen LogP contribution is 2.00. The van der Waals surface area contributed by atoms with Gasteiger partial charge < -0.3 is 4.74 Å². The lowest BCUT2D eigenvalue weighted by atomic mass is 10.2. The number of ether oxygens (including phenoxy) is 1. The van der Waals surface area contributed by atoms with Crippen molar-refractivity contribution < 1.29 is 22.8 Å². The second-order valence-corrected chi connectivity index (χ2v) is 2.54. The normalized spacial score (nSPS) is 11.1. The lowest BCUT2D eigenvalue weighted by Crippen LogP contribution is -2.07. The van der Waals surface area contributed by atoms with Gasteiger partial charge in [0.1, 0.15) is 13.2 Å². The summed E-state index contributed by atoms with van der Waals surface area (Å²) in [7, 11) is 0. The number of carbonyl (C=O) groups excluding carboxylic acids is 1. The molecule has 0 unspecified atom stereocenters. The molecule has 82 valence electrons. The number of nitrogens with zero attached hydrogens (tertiary/aromatic N) is 3. The summed E-state index contributed by atoms with van der Waals surface area (Å²) in [5.41, 5.74) is 8.86. The Morgan fingerprint density at radius 3 is 2.93 bits per heavy atom. The molecule has 0 heterocycles. The first-order chi connectivity index (χ1) is 10.8. The monoisotopic (exact) mass is 210 g/mol. The van der Waals surface area contributed by atoms with E-state index in [1.54, 1.807) is 0 Å². The topological polar surface area (TPSA) is 75.1 Å². The Kier molecular flexibility index (Phi) is 2.27. The van der Waals surface area contributed by atoms with Crippen molar-refractivity contribution in [3.05, 3.63) is 46.3 Å².